The molecule has 0 saturated heterocycles. The average Bonchev–Trinajstić information content (AvgIpc) is 2.32. The molecule has 0 fully saturated rings. The second kappa shape index (κ2) is 3.58. The van der Waals surface area contributed by atoms with E-state index in [1.54, 1.807) is 0 Å². The van der Waals surface area contributed by atoms with E-state index < -0.39 is 0 Å². The summed E-state index contributed by atoms with van der Waals surface area (Å²) in [7, 11) is 1.92. The Kier molecular flexibility index (Phi) is 2.90. The number of nitrogens with zero attached hydrogens (tertiary/aromatic N) is 2. The van der Waals surface area contributed by atoms with Gasteiger partial charge in [-0.1, -0.05) is 6.92 Å². The first-order valence-electron chi connectivity index (χ1n) is 3.97. The van der Waals surface area contributed by atoms with E-state index in [4.69, 9.17) is 5.73 Å². The van der Waals surface area contributed by atoms with Crippen molar-refractivity contribution >= 4 is 15.9 Å². The number of hydrogen-bond donors (Lipinski definition) is 1. The zero-order valence-electron chi connectivity index (χ0n) is 7.63. The third-order valence-electron chi connectivity index (χ3n) is 2.06. The molecule has 0 amide bonds. The zero-order valence-corrected chi connectivity index (χ0v) is 9.22. The molecule has 0 aromatic carbocycles. The fourth-order valence-corrected chi connectivity index (χ4v) is 1.49. The van der Waals surface area contributed by atoms with Crippen LogP contribution >= 0.6 is 15.9 Å². The molecule has 3 nitrogen and oxygen atoms in total. The van der Waals surface area contributed by atoms with Crippen LogP contribution in [0.25, 0.3) is 0 Å². The van der Waals surface area contributed by atoms with Gasteiger partial charge in [0.15, 0.2) is 0 Å². The van der Waals surface area contributed by atoms with Crippen molar-refractivity contribution in [2.75, 3.05) is 6.54 Å². The fourth-order valence-electron chi connectivity index (χ4n) is 1.21. The minimum absolute atomic E-state index is 0.336. The fraction of sp³-hybridized carbons (Fsp3) is 0.625. The Bertz CT molecular complexity index is 280. The zero-order chi connectivity index (χ0) is 9.30. The maximum Gasteiger partial charge on any atom is 0.106 e. The van der Waals surface area contributed by atoms with E-state index >= 15 is 0 Å². The first-order chi connectivity index (χ1) is 5.57. The van der Waals surface area contributed by atoms with Crippen LogP contribution in [-0.2, 0) is 7.05 Å². The summed E-state index contributed by atoms with van der Waals surface area (Å²) in [4.78, 5) is 0. The Hall–Kier alpha value is -0.350. The topological polar surface area (TPSA) is 43.8 Å². The highest BCUT2D eigenvalue weighted by molar-refractivity contribution is 9.10. The molecule has 0 aliphatic rings. The van der Waals surface area contributed by atoms with Gasteiger partial charge in [0.25, 0.3) is 0 Å². The molecule has 0 aliphatic carbocycles. The summed E-state index contributed by atoms with van der Waals surface area (Å²) < 4.78 is 2.87. The Balaban J connectivity index is 3.08. The van der Waals surface area contributed by atoms with E-state index in [0.29, 0.717) is 12.5 Å². The van der Waals surface area contributed by atoms with Gasteiger partial charge >= 0.3 is 0 Å². The number of aromatic nitrogens is 2. The summed E-state index contributed by atoms with van der Waals surface area (Å²) >= 11 is 3.46. The third kappa shape index (κ3) is 1.54. The first kappa shape index (κ1) is 9.74. The lowest BCUT2D eigenvalue weighted by molar-refractivity contribution is 0.679. The van der Waals surface area contributed by atoms with Gasteiger partial charge in [-0.05, 0) is 22.9 Å². The Morgan fingerprint density at radius 2 is 2.25 bits per heavy atom. The molecule has 1 aromatic rings. The van der Waals surface area contributed by atoms with Crippen LogP contribution in [0, 0.1) is 6.92 Å². The van der Waals surface area contributed by atoms with Crippen LogP contribution < -0.4 is 5.73 Å². The molecule has 0 radical (unpaired) electrons. The standard InChI is InChI=1S/C8H14BrN3/c1-5(4-10)7-6(2)8(9)12(3)11-7/h5H,4,10H2,1-3H3. The van der Waals surface area contributed by atoms with Gasteiger partial charge in [0.05, 0.1) is 5.69 Å². The number of nitrogens with two attached hydrogens (primary N) is 1. The molecule has 68 valence electrons. The average molecular weight is 232 g/mol. The lowest BCUT2D eigenvalue weighted by atomic mass is 10.1. The van der Waals surface area contributed by atoms with Gasteiger partial charge in [0.2, 0.25) is 0 Å². The molecule has 1 unspecified atom stereocenters. The van der Waals surface area contributed by atoms with Crippen LogP contribution in [-0.4, -0.2) is 16.3 Å². The summed E-state index contributed by atoms with van der Waals surface area (Å²) in [6.07, 6.45) is 0. The summed E-state index contributed by atoms with van der Waals surface area (Å²) in [5, 5.41) is 4.37. The molecule has 1 atom stereocenters. The molecule has 0 aliphatic heterocycles. The van der Waals surface area contributed by atoms with E-state index in [0.717, 1.165) is 10.3 Å². The maximum atomic E-state index is 5.57. The normalized spacial score (nSPS) is 13.4. The van der Waals surface area contributed by atoms with Crippen LogP contribution in [0.3, 0.4) is 0 Å². The molecular weight excluding hydrogens is 218 g/mol. The van der Waals surface area contributed by atoms with E-state index in [2.05, 4.69) is 34.9 Å². The van der Waals surface area contributed by atoms with Crippen molar-refractivity contribution in [2.24, 2.45) is 12.8 Å². The summed E-state index contributed by atoms with van der Waals surface area (Å²) in [6, 6.07) is 0. The van der Waals surface area contributed by atoms with E-state index in [1.807, 2.05) is 11.7 Å². The van der Waals surface area contributed by atoms with Gasteiger partial charge in [0, 0.05) is 25.1 Å². The predicted octanol–water partition coefficient (Wildman–Crippen LogP) is 1.55. The van der Waals surface area contributed by atoms with Gasteiger partial charge in [-0.25, -0.2) is 0 Å². The van der Waals surface area contributed by atoms with Crippen molar-refractivity contribution in [2.45, 2.75) is 19.8 Å². The quantitative estimate of drug-likeness (QED) is 0.840. The highest BCUT2D eigenvalue weighted by atomic mass is 79.9. The second-order valence-electron chi connectivity index (χ2n) is 3.06. The highest BCUT2D eigenvalue weighted by Gasteiger charge is 2.14. The smallest absolute Gasteiger partial charge is 0.106 e. The molecule has 2 N–H and O–H groups in total. The largest absolute Gasteiger partial charge is 0.330 e. The van der Waals surface area contributed by atoms with Crippen molar-refractivity contribution < 1.29 is 0 Å². The summed E-state index contributed by atoms with van der Waals surface area (Å²) in [5.74, 6) is 0.336. The highest BCUT2D eigenvalue weighted by Crippen LogP contribution is 2.23. The minimum atomic E-state index is 0.336. The van der Waals surface area contributed by atoms with Crippen molar-refractivity contribution in [3.05, 3.63) is 15.9 Å². The predicted molar refractivity (Wildman–Crippen MR) is 53.1 cm³/mol. The van der Waals surface area contributed by atoms with E-state index in [1.165, 1.54) is 5.56 Å². The lowest BCUT2D eigenvalue weighted by Gasteiger charge is -2.04. The van der Waals surface area contributed by atoms with E-state index in [-0.39, 0.29) is 0 Å². The number of aryl methyl sites for hydroxylation is 1. The Labute approximate surface area is 81.1 Å². The van der Waals surface area contributed by atoms with Gasteiger partial charge in [-0.15, -0.1) is 0 Å². The van der Waals surface area contributed by atoms with Gasteiger partial charge in [0.1, 0.15) is 4.60 Å². The summed E-state index contributed by atoms with van der Waals surface area (Å²) in [5.41, 5.74) is 7.85. The molecule has 1 heterocycles. The van der Waals surface area contributed by atoms with Gasteiger partial charge in [-0.3, -0.25) is 4.68 Å². The molecule has 1 rings (SSSR count). The number of rotatable bonds is 2. The molecule has 12 heavy (non-hydrogen) atoms. The molecule has 0 saturated carbocycles. The maximum absolute atomic E-state index is 5.57. The Morgan fingerprint density at radius 1 is 1.67 bits per heavy atom. The minimum Gasteiger partial charge on any atom is -0.330 e. The monoisotopic (exact) mass is 231 g/mol. The van der Waals surface area contributed by atoms with Gasteiger partial charge in [-0.2, -0.15) is 5.10 Å². The summed E-state index contributed by atoms with van der Waals surface area (Å²) in [6.45, 7) is 4.78. The number of hydrogen-bond acceptors (Lipinski definition) is 2. The van der Waals surface area contributed by atoms with Crippen molar-refractivity contribution in [3.63, 3.8) is 0 Å². The van der Waals surface area contributed by atoms with E-state index in [9.17, 15) is 0 Å². The SMILES string of the molecule is Cc1c(C(C)CN)nn(C)c1Br. The first-order valence-corrected chi connectivity index (χ1v) is 4.76. The Morgan fingerprint density at radius 3 is 2.58 bits per heavy atom. The van der Waals surface area contributed by atoms with Crippen molar-refractivity contribution in [3.8, 4) is 0 Å². The van der Waals surface area contributed by atoms with Crippen molar-refractivity contribution in [1.82, 2.24) is 9.78 Å². The molecule has 0 bridgehead atoms. The molecule has 4 heteroatoms. The van der Waals surface area contributed by atoms with Gasteiger partial charge < -0.3 is 5.73 Å². The van der Waals surface area contributed by atoms with Crippen molar-refractivity contribution in [1.29, 1.82) is 0 Å². The lowest BCUT2D eigenvalue weighted by Crippen LogP contribution is -2.10. The van der Waals surface area contributed by atoms with Crippen LogP contribution in [0.5, 0.6) is 0 Å². The molecule has 1 aromatic heterocycles. The van der Waals surface area contributed by atoms with Crippen LogP contribution in [0.15, 0.2) is 4.60 Å². The molecule has 0 spiro atoms. The van der Waals surface area contributed by atoms with Crippen LogP contribution in [0.2, 0.25) is 0 Å². The van der Waals surface area contributed by atoms with Crippen LogP contribution in [0.4, 0.5) is 0 Å². The number of halogens is 1. The molecular formula is C8H14BrN3. The third-order valence-corrected chi connectivity index (χ3v) is 3.16. The second-order valence-corrected chi connectivity index (χ2v) is 3.81. The van der Waals surface area contributed by atoms with Crippen LogP contribution in [0.1, 0.15) is 24.1 Å².